The molecule has 1 rings (SSSR count). The van der Waals surface area contributed by atoms with E-state index in [1.54, 1.807) is 0 Å². The van der Waals surface area contributed by atoms with E-state index in [4.69, 9.17) is 5.73 Å². The van der Waals surface area contributed by atoms with Crippen molar-refractivity contribution in [2.24, 2.45) is 5.73 Å². The van der Waals surface area contributed by atoms with Gasteiger partial charge in [0.15, 0.2) is 0 Å². The van der Waals surface area contributed by atoms with Gasteiger partial charge in [-0.15, -0.1) is 11.8 Å². The molecular weight excluding hydrogens is 118 g/mol. The summed E-state index contributed by atoms with van der Waals surface area (Å²) in [7, 11) is 0. The Hall–Kier alpha value is 0.0500. The summed E-state index contributed by atoms with van der Waals surface area (Å²) in [6.45, 7) is 0.804. The van der Waals surface area contributed by atoms with Gasteiger partial charge in [-0.2, -0.15) is 0 Å². The maximum atomic E-state index is 5.35. The lowest BCUT2D eigenvalue weighted by molar-refractivity contribution is 0.994. The third-order valence-electron chi connectivity index (χ3n) is 1.17. The topological polar surface area (TPSA) is 26.0 Å². The van der Waals surface area contributed by atoms with Crippen molar-refractivity contribution < 1.29 is 0 Å². The summed E-state index contributed by atoms with van der Waals surface area (Å²) in [5.41, 5.74) is 5.35. The van der Waals surface area contributed by atoms with E-state index in [0.717, 1.165) is 13.0 Å². The highest BCUT2D eigenvalue weighted by atomic mass is 32.2. The van der Waals surface area contributed by atoms with Crippen molar-refractivity contribution in [3.8, 4) is 0 Å². The second kappa shape index (κ2) is 3.15. The summed E-state index contributed by atoms with van der Waals surface area (Å²) < 4.78 is 0. The van der Waals surface area contributed by atoms with Crippen LogP contribution in [0.15, 0.2) is 11.0 Å². The molecule has 1 nitrogen and oxygen atoms in total. The van der Waals surface area contributed by atoms with Crippen LogP contribution in [0.3, 0.4) is 0 Å². The average molecular weight is 129 g/mol. The van der Waals surface area contributed by atoms with E-state index in [0.29, 0.717) is 0 Å². The van der Waals surface area contributed by atoms with Gasteiger partial charge in [-0.3, -0.25) is 0 Å². The van der Waals surface area contributed by atoms with E-state index in [1.165, 1.54) is 17.1 Å². The lowest BCUT2D eigenvalue weighted by Gasteiger charge is -1.93. The van der Waals surface area contributed by atoms with Crippen molar-refractivity contribution in [2.45, 2.75) is 12.8 Å². The van der Waals surface area contributed by atoms with E-state index in [2.05, 4.69) is 6.08 Å². The molecule has 0 fully saturated rings. The van der Waals surface area contributed by atoms with Gasteiger partial charge in [0.05, 0.1) is 0 Å². The summed E-state index contributed by atoms with van der Waals surface area (Å²) >= 11 is 1.95. The lowest BCUT2D eigenvalue weighted by atomic mass is 10.3. The van der Waals surface area contributed by atoms with Crippen LogP contribution < -0.4 is 5.73 Å². The summed E-state index contributed by atoms with van der Waals surface area (Å²) in [5, 5.41) is 0. The molecule has 0 radical (unpaired) electrons. The number of allylic oxidation sites excluding steroid dienone is 1. The molecule has 0 aromatic rings. The van der Waals surface area contributed by atoms with Gasteiger partial charge in [0.25, 0.3) is 0 Å². The third-order valence-corrected chi connectivity index (χ3v) is 2.35. The fraction of sp³-hybridized carbons (Fsp3) is 0.667. The van der Waals surface area contributed by atoms with E-state index >= 15 is 0 Å². The molecule has 2 N–H and O–H groups in total. The van der Waals surface area contributed by atoms with Gasteiger partial charge < -0.3 is 5.73 Å². The Bertz CT molecular complexity index is 98.7. The van der Waals surface area contributed by atoms with Crippen LogP contribution in [0, 0.1) is 0 Å². The molecule has 0 atom stereocenters. The fourth-order valence-electron chi connectivity index (χ4n) is 0.785. The Kier molecular flexibility index (Phi) is 2.43. The SMILES string of the molecule is NCCC1=CCCS1. The largest absolute Gasteiger partial charge is 0.330 e. The van der Waals surface area contributed by atoms with Crippen LogP contribution in [-0.2, 0) is 0 Å². The van der Waals surface area contributed by atoms with Gasteiger partial charge in [0.2, 0.25) is 0 Å². The number of hydrogen-bond acceptors (Lipinski definition) is 2. The molecular formula is C6H11NS. The van der Waals surface area contributed by atoms with Crippen LogP contribution in [0.2, 0.25) is 0 Å². The van der Waals surface area contributed by atoms with Gasteiger partial charge in [-0.1, -0.05) is 6.08 Å². The van der Waals surface area contributed by atoms with Gasteiger partial charge in [0, 0.05) is 5.75 Å². The second-order valence-electron chi connectivity index (χ2n) is 1.85. The van der Waals surface area contributed by atoms with Crippen LogP contribution in [0.5, 0.6) is 0 Å². The Morgan fingerprint density at radius 2 is 2.62 bits per heavy atom. The first-order chi connectivity index (χ1) is 3.93. The number of hydrogen-bond donors (Lipinski definition) is 1. The Balaban J connectivity index is 2.23. The van der Waals surface area contributed by atoms with E-state index in [-0.39, 0.29) is 0 Å². The fourth-order valence-corrected chi connectivity index (χ4v) is 1.78. The molecule has 1 aliphatic heterocycles. The maximum Gasteiger partial charge on any atom is 0.00117 e. The predicted molar refractivity (Wildman–Crippen MR) is 38.8 cm³/mol. The Labute approximate surface area is 54.3 Å². The van der Waals surface area contributed by atoms with Gasteiger partial charge in [0.1, 0.15) is 0 Å². The van der Waals surface area contributed by atoms with Crippen molar-refractivity contribution in [1.82, 2.24) is 0 Å². The quantitative estimate of drug-likeness (QED) is 0.609. The minimum Gasteiger partial charge on any atom is -0.330 e. The monoisotopic (exact) mass is 129 g/mol. The molecule has 8 heavy (non-hydrogen) atoms. The summed E-state index contributed by atoms with van der Waals surface area (Å²) in [6.07, 6.45) is 4.63. The molecule has 0 saturated heterocycles. The van der Waals surface area contributed by atoms with Crippen LogP contribution in [-0.4, -0.2) is 12.3 Å². The maximum absolute atomic E-state index is 5.35. The minimum atomic E-state index is 0.804. The molecule has 0 aromatic carbocycles. The molecule has 0 bridgehead atoms. The van der Waals surface area contributed by atoms with Crippen molar-refractivity contribution in [3.63, 3.8) is 0 Å². The van der Waals surface area contributed by atoms with E-state index < -0.39 is 0 Å². The molecule has 0 aromatic heterocycles. The highest BCUT2D eigenvalue weighted by molar-refractivity contribution is 8.03. The summed E-state index contributed by atoms with van der Waals surface area (Å²) in [5.74, 6) is 1.27. The van der Waals surface area contributed by atoms with Crippen LogP contribution >= 0.6 is 11.8 Å². The molecule has 1 heterocycles. The predicted octanol–water partition coefficient (Wildman–Crippen LogP) is 1.36. The first-order valence-electron chi connectivity index (χ1n) is 2.95. The molecule has 0 aliphatic carbocycles. The molecule has 2 heteroatoms. The van der Waals surface area contributed by atoms with Gasteiger partial charge in [-0.05, 0) is 24.3 Å². The van der Waals surface area contributed by atoms with Crippen LogP contribution in [0.1, 0.15) is 12.8 Å². The normalized spacial score (nSPS) is 18.9. The summed E-state index contributed by atoms with van der Waals surface area (Å²) in [4.78, 5) is 1.49. The molecule has 1 aliphatic rings. The van der Waals surface area contributed by atoms with Crippen LogP contribution in [0.4, 0.5) is 0 Å². The zero-order valence-corrected chi connectivity index (χ0v) is 5.71. The third kappa shape index (κ3) is 1.53. The standard InChI is InChI=1S/C6H11NS/c7-4-3-6-2-1-5-8-6/h2H,1,3-5,7H2. The van der Waals surface area contributed by atoms with Crippen molar-refractivity contribution in [1.29, 1.82) is 0 Å². The highest BCUT2D eigenvalue weighted by Gasteiger charge is 2.01. The molecule has 46 valence electrons. The van der Waals surface area contributed by atoms with Gasteiger partial charge in [-0.25, -0.2) is 0 Å². The first-order valence-corrected chi connectivity index (χ1v) is 3.94. The number of nitrogens with two attached hydrogens (primary N) is 1. The highest BCUT2D eigenvalue weighted by Crippen LogP contribution is 2.26. The van der Waals surface area contributed by atoms with E-state index in [9.17, 15) is 0 Å². The van der Waals surface area contributed by atoms with Crippen molar-refractivity contribution >= 4 is 11.8 Å². The zero-order valence-electron chi connectivity index (χ0n) is 4.89. The van der Waals surface area contributed by atoms with Gasteiger partial charge >= 0.3 is 0 Å². The Morgan fingerprint density at radius 3 is 3.12 bits per heavy atom. The second-order valence-corrected chi connectivity index (χ2v) is 3.07. The average Bonchev–Trinajstić information content (AvgIpc) is 2.19. The lowest BCUT2D eigenvalue weighted by Crippen LogP contribution is -1.97. The number of thioether (sulfide) groups is 1. The Morgan fingerprint density at radius 1 is 1.75 bits per heavy atom. The molecule has 0 spiro atoms. The smallest absolute Gasteiger partial charge is 0.00117 e. The summed E-state index contributed by atoms with van der Waals surface area (Å²) in [6, 6.07) is 0. The van der Waals surface area contributed by atoms with Crippen molar-refractivity contribution in [2.75, 3.05) is 12.3 Å². The molecule has 0 saturated carbocycles. The van der Waals surface area contributed by atoms with Crippen molar-refractivity contribution in [3.05, 3.63) is 11.0 Å². The number of rotatable bonds is 2. The molecule has 0 unspecified atom stereocenters. The minimum absolute atomic E-state index is 0.804. The first kappa shape index (κ1) is 6.17. The molecule has 0 amide bonds. The van der Waals surface area contributed by atoms with E-state index in [1.807, 2.05) is 11.8 Å². The zero-order chi connectivity index (χ0) is 5.82. The van der Waals surface area contributed by atoms with Crippen LogP contribution in [0.25, 0.3) is 0 Å².